The fraction of sp³-hybridized carbons (Fsp3) is 0.125. The molecule has 3 aromatic rings. The maximum absolute atomic E-state index is 4.38. The molecule has 0 aliphatic heterocycles. The van der Waals surface area contributed by atoms with Gasteiger partial charge in [0.25, 0.3) is 0 Å². The standard InChI is InChI=1S/C8H7N5S/c1-12-5-6(4-10-12)7-11-13-3-2-9-8(13)14-7/h2-5H,1H3. The molecule has 0 fully saturated rings. The Morgan fingerprint density at radius 1 is 1.43 bits per heavy atom. The number of imidazole rings is 1. The summed E-state index contributed by atoms with van der Waals surface area (Å²) < 4.78 is 3.53. The zero-order chi connectivity index (χ0) is 9.54. The summed E-state index contributed by atoms with van der Waals surface area (Å²) in [6.45, 7) is 0. The minimum atomic E-state index is 0.906. The summed E-state index contributed by atoms with van der Waals surface area (Å²) >= 11 is 1.56. The largest absolute Gasteiger partial charge is 0.275 e. The van der Waals surface area contributed by atoms with Crippen LogP contribution in [0.1, 0.15) is 0 Å². The maximum atomic E-state index is 4.38. The van der Waals surface area contributed by atoms with Crippen LogP contribution in [0.2, 0.25) is 0 Å². The molecule has 6 heteroatoms. The van der Waals surface area contributed by atoms with E-state index in [1.807, 2.05) is 19.4 Å². The quantitative estimate of drug-likeness (QED) is 0.599. The first-order chi connectivity index (χ1) is 6.83. The molecule has 0 radical (unpaired) electrons. The lowest BCUT2D eigenvalue weighted by molar-refractivity contribution is 0.768. The average Bonchev–Trinajstić information content (AvgIpc) is 2.75. The van der Waals surface area contributed by atoms with E-state index in [9.17, 15) is 0 Å². The van der Waals surface area contributed by atoms with E-state index in [4.69, 9.17) is 0 Å². The first-order valence-corrected chi connectivity index (χ1v) is 4.94. The molecule has 0 saturated heterocycles. The first kappa shape index (κ1) is 7.69. The van der Waals surface area contributed by atoms with Gasteiger partial charge in [-0.2, -0.15) is 10.2 Å². The highest BCUT2D eigenvalue weighted by Crippen LogP contribution is 2.23. The molecule has 70 valence electrons. The SMILES string of the molecule is Cn1cc(-c2nn3ccnc3s2)cn1. The van der Waals surface area contributed by atoms with Crippen molar-refractivity contribution in [1.82, 2.24) is 24.4 Å². The average molecular weight is 205 g/mol. The highest BCUT2D eigenvalue weighted by atomic mass is 32.1. The van der Waals surface area contributed by atoms with Crippen LogP contribution in [0.15, 0.2) is 24.8 Å². The molecule has 0 atom stereocenters. The van der Waals surface area contributed by atoms with Gasteiger partial charge >= 0.3 is 0 Å². The smallest absolute Gasteiger partial charge is 0.212 e. The van der Waals surface area contributed by atoms with Gasteiger partial charge in [0.05, 0.1) is 18.0 Å². The van der Waals surface area contributed by atoms with Crippen molar-refractivity contribution < 1.29 is 0 Å². The molecular formula is C8H7N5S. The molecule has 0 aliphatic rings. The second-order valence-electron chi connectivity index (χ2n) is 2.96. The van der Waals surface area contributed by atoms with Crippen LogP contribution in [0.3, 0.4) is 0 Å². The van der Waals surface area contributed by atoms with Crippen molar-refractivity contribution in [3.63, 3.8) is 0 Å². The van der Waals surface area contributed by atoms with Crippen molar-refractivity contribution in [1.29, 1.82) is 0 Å². The minimum absolute atomic E-state index is 0.906. The number of aromatic nitrogens is 5. The second-order valence-corrected chi connectivity index (χ2v) is 3.92. The fourth-order valence-corrected chi connectivity index (χ4v) is 2.12. The maximum Gasteiger partial charge on any atom is 0.212 e. The summed E-state index contributed by atoms with van der Waals surface area (Å²) in [5, 5.41) is 9.42. The van der Waals surface area contributed by atoms with Gasteiger partial charge in [0, 0.05) is 19.4 Å². The Bertz CT molecular complexity index is 547. The van der Waals surface area contributed by atoms with Crippen LogP contribution >= 0.6 is 11.3 Å². The molecule has 0 saturated carbocycles. The molecule has 0 amide bonds. The van der Waals surface area contributed by atoms with Crippen molar-refractivity contribution in [2.24, 2.45) is 7.05 Å². The van der Waals surface area contributed by atoms with Crippen molar-refractivity contribution in [3.8, 4) is 10.6 Å². The number of nitrogens with zero attached hydrogens (tertiary/aromatic N) is 5. The van der Waals surface area contributed by atoms with Crippen LogP contribution in [0.5, 0.6) is 0 Å². The summed E-state index contributed by atoms with van der Waals surface area (Å²) in [4.78, 5) is 5.07. The third kappa shape index (κ3) is 1.04. The molecule has 0 spiro atoms. The van der Waals surface area contributed by atoms with Gasteiger partial charge in [-0.15, -0.1) is 0 Å². The molecule has 3 aromatic heterocycles. The predicted octanol–water partition coefficient (Wildman–Crippen LogP) is 1.19. The monoisotopic (exact) mass is 205 g/mol. The van der Waals surface area contributed by atoms with E-state index < -0.39 is 0 Å². The number of hydrogen-bond donors (Lipinski definition) is 0. The van der Waals surface area contributed by atoms with Gasteiger partial charge in [0.15, 0.2) is 5.01 Å². The van der Waals surface area contributed by atoms with Crippen LogP contribution < -0.4 is 0 Å². The summed E-state index contributed by atoms with van der Waals surface area (Å²) in [5.74, 6) is 0. The molecule has 0 N–H and O–H groups in total. The van der Waals surface area contributed by atoms with E-state index in [-0.39, 0.29) is 0 Å². The van der Waals surface area contributed by atoms with Gasteiger partial charge in [0.2, 0.25) is 4.96 Å². The normalized spacial score (nSPS) is 11.2. The van der Waals surface area contributed by atoms with E-state index in [1.165, 1.54) is 0 Å². The lowest BCUT2D eigenvalue weighted by Gasteiger charge is -1.84. The van der Waals surface area contributed by atoms with Crippen LogP contribution in [-0.4, -0.2) is 24.4 Å². The van der Waals surface area contributed by atoms with Crippen molar-refractivity contribution in [3.05, 3.63) is 24.8 Å². The summed E-state index contributed by atoms with van der Waals surface area (Å²) in [7, 11) is 1.89. The third-order valence-electron chi connectivity index (χ3n) is 1.93. The number of hydrogen-bond acceptors (Lipinski definition) is 4. The Hall–Kier alpha value is -1.69. The molecule has 3 heterocycles. The topological polar surface area (TPSA) is 48.0 Å². The number of rotatable bonds is 1. The Kier molecular flexibility index (Phi) is 1.45. The highest BCUT2D eigenvalue weighted by molar-refractivity contribution is 7.19. The lowest BCUT2D eigenvalue weighted by atomic mass is 10.4. The Morgan fingerprint density at radius 2 is 2.36 bits per heavy atom. The predicted molar refractivity (Wildman–Crippen MR) is 53.1 cm³/mol. The van der Waals surface area contributed by atoms with Crippen LogP contribution in [0.25, 0.3) is 15.5 Å². The van der Waals surface area contributed by atoms with Gasteiger partial charge in [-0.3, -0.25) is 4.68 Å². The van der Waals surface area contributed by atoms with Gasteiger partial charge < -0.3 is 0 Å². The van der Waals surface area contributed by atoms with E-state index in [0.717, 1.165) is 15.5 Å². The molecule has 14 heavy (non-hydrogen) atoms. The fourth-order valence-electron chi connectivity index (χ4n) is 1.29. The van der Waals surface area contributed by atoms with E-state index in [0.29, 0.717) is 0 Å². The summed E-state index contributed by atoms with van der Waals surface area (Å²) in [6, 6.07) is 0. The van der Waals surface area contributed by atoms with Gasteiger partial charge in [-0.1, -0.05) is 11.3 Å². The third-order valence-corrected chi connectivity index (χ3v) is 2.91. The van der Waals surface area contributed by atoms with E-state index in [1.54, 1.807) is 32.9 Å². The van der Waals surface area contributed by atoms with E-state index >= 15 is 0 Å². The van der Waals surface area contributed by atoms with Gasteiger partial charge in [-0.05, 0) is 0 Å². The lowest BCUT2D eigenvalue weighted by Crippen LogP contribution is -1.84. The highest BCUT2D eigenvalue weighted by Gasteiger charge is 2.07. The molecule has 0 aromatic carbocycles. The molecule has 3 rings (SSSR count). The van der Waals surface area contributed by atoms with Crippen molar-refractivity contribution in [2.45, 2.75) is 0 Å². The van der Waals surface area contributed by atoms with Crippen LogP contribution in [0.4, 0.5) is 0 Å². The minimum Gasteiger partial charge on any atom is -0.275 e. The molecule has 0 bridgehead atoms. The molecule has 0 aliphatic carbocycles. The summed E-state index contributed by atoms with van der Waals surface area (Å²) in [5.41, 5.74) is 1.03. The zero-order valence-corrected chi connectivity index (χ0v) is 8.27. The zero-order valence-electron chi connectivity index (χ0n) is 7.45. The Morgan fingerprint density at radius 3 is 3.07 bits per heavy atom. The van der Waals surface area contributed by atoms with Gasteiger partial charge in [-0.25, -0.2) is 9.50 Å². The Balaban J connectivity index is 2.18. The molecule has 5 nitrogen and oxygen atoms in total. The first-order valence-electron chi connectivity index (χ1n) is 4.12. The summed E-state index contributed by atoms with van der Waals surface area (Å²) in [6.07, 6.45) is 7.33. The van der Waals surface area contributed by atoms with Crippen molar-refractivity contribution in [2.75, 3.05) is 0 Å². The van der Waals surface area contributed by atoms with Crippen LogP contribution in [-0.2, 0) is 7.05 Å². The van der Waals surface area contributed by atoms with E-state index in [2.05, 4.69) is 15.2 Å². The van der Waals surface area contributed by atoms with Crippen molar-refractivity contribution >= 4 is 16.3 Å². The van der Waals surface area contributed by atoms with Crippen LogP contribution in [0, 0.1) is 0 Å². The number of aryl methyl sites for hydroxylation is 1. The Labute approximate surface area is 83.6 Å². The number of fused-ring (bicyclic) bond motifs is 1. The van der Waals surface area contributed by atoms with Gasteiger partial charge in [0.1, 0.15) is 0 Å². The molecule has 0 unspecified atom stereocenters. The second kappa shape index (κ2) is 2.65. The molecular weight excluding hydrogens is 198 g/mol.